The van der Waals surface area contributed by atoms with Crippen LogP contribution in [0, 0.1) is 0 Å². The summed E-state index contributed by atoms with van der Waals surface area (Å²) < 4.78 is 31.0. The van der Waals surface area contributed by atoms with E-state index in [0.717, 1.165) is 31.0 Å². The molecule has 1 unspecified atom stereocenters. The van der Waals surface area contributed by atoms with Gasteiger partial charge in [0.1, 0.15) is 11.6 Å². The second kappa shape index (κ2) is 7.46. The first-order valence-corrected chi connectivity index (χ1v) is 8.07. The summed E-state index contributed by atoms with van der Waals surface area (Å²) in [6.45, 7) is 0.347. The molecule has 3 rings (SSSR count). The minimum atomic E-state index is -2.88. The number of nitrogens with zero attached hydrogens (tertiary/aromatic N) is 3. The molecule has 0 aliphatic carbocycles. The SMILES string of the molecule is Cn1ccnc1C1CNCCN1Cc1ccc(OC(F)F)c(Cl)c1. The number of hydrogen-bond acceptors (Lipinski definition) is 4. The second-order valence-corrected chi connectivity index (χ2v) is 6.14. The van der Waals surface area contributed by atoms with Crippen LogP contribution >= 0.6 is 11.6 Å². The Labute approximate surface area is 144 Å². The van der Waals surface area contributed by atoms with Gasteiger partial charge in [-0.05, 0) is 17.7 Å². The Balaban J connectivity index is 1.76. The summed E-state index contributed by atoms with van der Waals surface area (Å²) in [4.78, 5) is 6.75. The largest absolute Gasteiger partial charge is 0.433 e. The van der Waals surface area contributed by atoms with Crippen molar-refractivity contribution in [2.45, 2.75) is 19.2 Å². The lowest BCUT2D eigenvalue weighted by Crippen LogP contribution is -2.46. The number of alkyl halides is 2. The van der Waals surface area contributed by atoms with Crippen molar-refractivity contribution in [3.05, 3.63) is 47.0 Å². The third kappa shape index (κ3) is 3.85. The van der Waals surface area contributed by atoms with Crippen LogP contribution in [-0.4, -0.2) is 40.7 Å². The van der Waals surface area contributed by atoms with E-state index in [1.54, 1.807) is 18.3 Å². The Kier molecular flexibility index (Phi) is 5.33. The number of nitrogens with one attached hydrogen (secondary N) is 1. The number of hydrogen-bond donors (Lipinski definition) is 1. The van der Waals surface area contributed by atoms with Crippen molar-refractivity contribution in [1.82, 2.24) is 19.8 Å². The van der Waals surface area contributed by atoms with E-state index >= 15 is 0 Å². The monoisotopic (exact) mass is 356 g/mol. The van der Waals surface area contributed by atoms with Gasteiger partial charge in [0, 0.05) is 45.6 Å². The maximum atomic E-state index is 12.3. The van der Waals surface area contributed by atoms with Crippen LogP contribution in [0.25, 0.3) is 0 Å². The summed E-state index contributed by atoms with van der Waals surface area (Å²) in [6.07, 6.45) is 3.71. The van der Waals surface area contributed by atoms with E-state index in [0.29, 0.717) is 6.54 Å². The normalized spacial score (nSPS) is 19.0. The summed E-state index contributed by atoms with van der Waals surface area (Å²) in [6, 6.07) is 5.08. The second-order valence-electron chi connectivity index (χ2n) is 5.73. The summed E-state index contributed by atoms with van der Waals surface area (Å²) in [7, 11) is 1.97. The molecule has 130 valence electrons. The lowest BCUT2D eigenvalue weighted by atomic mass is 10.1. The molecule has 5 nitrogen and oxygen atoms in total. The number of piperazine rings is 1. The van der Waals surface area contributed by atoms with E-state index in [1.807, 2.05) is 17.8 Å². The number of aromatic nitrogens is 2. The van der Waals surface area contributed by atoms with Crippen molar-refractivity contribution in [2.24, 2.45) is 7.05 Å². The number of rotatable bonds is 5. The Morgan fingerprint density at radius 3 is 2.96 bits per heavy atom. The highest BCUT2D eigenvalue weighted by Gasteiger charge is 2.26. The van der Waals surface area contributed by atoms with E-state index in [2.05, 4.69) is 19.9 Å². The summed E-state index contributed by atoms with van der Waals surface area (Å²) in [5.41, 5.74) is 0.947. The van der Waals surface area contributed by atoms with E-state index in [1.165, 1.54) is 6.07 Å². The van der Waals surface area contributed by atoms with Crippen LogP contribution in [0.3, 0.4) is 0 Å². The summed E-state index contributed by atoms with van der Waals surface area (Å²) in [5.74, 6) is 0.988. The number of imidazole rings is 1. The van der Waals surface area contributed by atoms with Gasteiger partial charge in [-0.3, -0.25) is 4.90 Å². The fourth-order valence-electron chi connectivity index (χ4n) is 2.96. The predicted molar refractivity (Wildman–Crippen MR) is 87.3 cm³/mol. The maximum absolute atomic E-state index is 12.3. The molecule has 0 saturated carbocycles. The summed E-state index contributed by atoms with van der Waals surface area (Å²) >= 11 is 6.05. The van der Waals surface area contributed by atoms with Gasteiger partial charge in [-0.1, -0.05) is 17.7 Å². The highest BCUT2D eigenvalue weighted by molar-refractivity contribution is 6.32. The number of aryl methyl sites for hydroxylation is 1. The molecule has 0 radical (unpaired) electrons. The van der Waals surface area contributed by atoms with E-state index in [9.17, 15) is 8.78 Å². The first-order valence-electron chi connectivity index (χ1n) is 7.70. The average molecular weight is 357 g/mol. The van der Waals surface area contributed by atoms with Crippen LogP contribution in [0.5, 0.6) is 5.75 Å². The van der Waals surface area contributed by atoms with Crippen LogP contribution in [0.1, 0.15) is 17.4 Å². The summed E-state index contributed by atoms with van der Waals surface area (Å²) in [5, 5.41) is 3.57. The average Bonchev–Trinajstić information content (AvgIpc) is 2.96. The molecular weight excluding hydrogens is 338 g/mol. The van der Waals surface area contributed by atoms with Gasteiger partial charge in [-0.15, -0.1) is 0 Å². The molecule has 1 aliphatic rings. The van der Waals surface area contributed by atoms with Gasteiger partial charge >= 0.3 is 6.61 Å². The highest BCUT2D eigenvalue weighted by Crippen LogP contribution is 2.29. The van der Waals surface area contributed by atoms with Gasteiger partial charge in [-0.25, -0.2) is 4.98 Å². The first kappa shape index (κ1) is 17.1. The standard InChI is InChI=1S/C16H19ClF2N4O/c1-22-6-5-21-15(22)13-9-20-4-7-23(13)10-11-2-3-14(12(17)8-11)24-16(18)19/h2-3,5-6,8,13,16,20H,4,7,9-10H2,1H3. The zero-order valence-electron chi connectivity index (χ0n) is 13.3. The highest BCUT2D eigenvalue weighted by atomic mass is 35.5. The van der Waals surface area contributed by atoms with Crippen molar-refractivity contribution in [3.63, 3.8) is 0 Å². The molecule has 1 atom stereocenters. The Morgan fingerprint density at radius 2 is 2.29 bits per heavy atom. The number of benzene rings is 1. The molecule has 0 spiro atoms. The minimum absolute atomic E-state index is 0.00335. The smallest absolute Gasteiger partial charge is 0.387 e. The predicted octanol–water partition coefficient (Wildman–Crippen LogP) is 2.82. The molecule has 24 heavy (non-hydrogen) atoms. The van der Waals surface area contributed by atoms with Gasteiger partial charge < -0.3 is 14.6 Å². The molecule has 2 heterocycles. The van der Waals surface area contributed by atoms with Crippen molar-refractivity contribution in [1.29, 1.82) is 0 Å². The van der Waals surface area contributed by atoms with Crippen LogP contribution in [0.15, 0.2) is 30.6 Å². The van der Waals surface area contributed by atoms with E-state index in [4.69, 9.17) is 11.6 Å². The van der Waals surface area contributed by atoms with Gasteiger partial charge in [0.25, 0.3) is 0 Å². The lowest BCUT2D eigenvalue weighted by Gasteiger charge is -2.35. The zero-order chi connectivity index (χ0) is 17.1. The first-order chi connectivity index (χ1) is 11.5. The molecular formula is C16H19ClF2N4O. The Bertz CT molecular complexity index is 694. The molecule has 1 N–H and O–H groups in total. The van der Waals surface area contributed by atoms with Gasteiger partial charge in [0.2, 0.25) is 0 Å². The van der Waals surface area contributed by atoms with E-state index < -0.39 is 6.61 Å². The zero-order valence-corrected chi connectivity index (χ0v) is 14.0. The minimum Gasteiger partial charge on any atom is -0.433 e. The van der Waals surface area contributed by atoms with E-state index in [-0.39, 0.29) is 16.8 Å². The Morgan fingerprint density at radius 1 is 1.46 bits per heavy atom. The fourth-order valence-corrected chi connectivity index (χ4v) is 3.20. The number of halogens is 3. The van der Waals surface area contributed by atoms with Crippen LogP contribution in [-0.2, 0) is 13.6 Å². The van der Waals surface area contributed by atoms with Gasteiger partial charge in [-0.2, -0.15) is 8.78 Å². The lowest BCUT2D eigenvalue weighted by molar-refractivity contribution is -0.0498. The van der Waals surface area contributed by atoms with Crippen molar-refractivity contribution >= 4 is 11.6 Å². The molecule has 2 aromatic rings. The molecule has 1 aromatic heterocycles. The van der Waals surface area contributed by atoms with Crippen molar-refractivity contribution in [3.8, 4) is 5.75 Å². The number of ether oxygens (including phenoxy) is 1. The molecule has 0 amide bonds. The maximum Gasteiger partial charge on any atom is 0.387 e. The molecule has 1 aliphatic heterocycles. The fraction of sp³-hybridized carbons (Fsp3) is 0.438. The molecule has 1 saturated heterocycles. The van der Waals surface area contributed by atoms with Gasteiger partial charge in [0.05, 0.1) is 11.1 Å². The molecule has 1 fully saturated rings. The molecule has 0 bridgehead atoms. The van der Waals surface area contributed by atoms with Crippen LogP contribution in [0.2, 0.25) is 5.02 Å². The third-order valence-electron chi connectivity index (χ3n) is 4.11. The molecule has 8 heteroatoms. The van der Waals surface area contributed by atoms with Crippen LogP contribution in [0.4, 0.5) is 8.78 Å². The third-order valence-corrected chi connectivity index (χ3v) is 4.40. The Hall–Kier alpha value is -1.70. The quantitative estimate of drug-likeness (QED) is 0.894. The van der Waals surface area contributed by atoms with Crippen molar-refractivity contribution < 1.29 is 13.5 Å². The topological polar surface area (TPSA) is 42.3 Å². The molecule has 1 aromatic carbocycles. The van der Waals surface area contributed by atoms with Crippen LogP contribution < -0.4 is 10.1 Å². The van der Waals surface area contributed by atoms with Gasteiger partial charge in [0.15, 0.2) is 0 Å². The van der Waals surface area contributed by atoms with Crippen molar-refractivity contribution in [2.75, 3.05) is 19.6 Å².